The van der Waals surface area contributed by atoms with Gasteiger partial charge in [-0.2, -0.15) is 5.26 Å². The number of piperidine rings is 1. The SMILES string of the molecule is Cc1ncnc(C)c1C(=O)NCCC(C)N1CCC(N(Cc2cccc(C#N)c2)c2ccc(C(=O)N3CCNCC3)cc2)CC1. The van der Waals surface area contributed by atoms with E-state index in [1.165, 1.54) is 6.33 Å². The minimum absolute atomic E-state index is 0.0807. The van der Waals surface area contributed by atoms with Gasteiger partial charge in [-0.3, -0.25) is 9.59 Å². The Labute approximate surface area is 266 Å². The van der Waals surface area contributed by atoms with E-state index in [9.17, 15) is 14.9 Å². The van der Waals surface area contributed by atoms with Crippen molar-refractivity contribution in [2.75, 3.05) is 50.7 Å². The fraction of sp³-hybridized carbons (Fsp3) is 0.457. The average Bonchev–Trinajstić information content (AvgIpc) is 3.07. The monoisotopic (exact) mass is 608 g/mol. The third-order valence-corrected chi connectivity index (χ3v) is 9.12. The molecule has 236 valence electrons. The lowest BCUT2D eigenvalue weighted by molar-refractivity contribution is 0.0735. The molecule has 1 atom stereocenters. The van der Waals surface area contributed by atoms with Crippen molar-refractivity contribution in [3.63, 3.8) is 0 Å². The van der Waals surface area contributed by atoms with Crippen LogP contribution in [0.15, 0.2) is 54.9 Å². The second kappa shape index (κ2) is 15.1. The normalized spacial score (nSPS) is 16.5. The first-order valence-corrected chi connectivity index (χ1v) is 16.0. The summed E-state index contributed by atoms with van der Waals surface area (Å²) in [6.45, 7) is 12.2. The Hall–Kier alpha value is -4.33. The summed E-state index contributed by atoms with van der Waals surface area (Å²) < 4.78 is 0. The lowest BCUT2D eigenvalue weighted by atomic mass is 9.98. The van der Waals surface area contributed by atoms with Gasteiger partial charge < -0.3 is 25.3 Å². The molecule has 45 heavy (non-hydrogen) atoms. The summed E-state index contributed by atoms with van der Waals surface area (Å²) >= 11 is 0. The lowest BCUT2D eigenvalue weighted by Crippen LogP contribution is -2.48. The standard InChI is InChI=1S/C35H44N8O2/c1-25(11-14-38-34(44)33-26(2)39-24-40-27(33)3)41-17-12-32(13-18-41)43(23-29-6-4-5-28(21-29)22-36)31-9-7-30(8-10-31)35(45)42-19-15-37-16-20-42/h4-10,21,24-25,32,37H,11-20,23H2,1-3H3,(H,38,44). The molecular weight excluding hydrogens is 564 g/mol. The Morgan fingerprint density at radius 2 is 1.73 bits per heavy atom. The van der Waals surface area contributed by atoms with E-state index >= 15 is 0 Å². The summed E-state index contributed by atoms with van der Waals surface area (Å²) in [5, 5.41) is 15.8. The van der Waals surface area contributed by atoms with Crippen LogP contribution in [0.3, 0.4) is 0 Å². The number of aromatic nitrogens is 2. The van der Waals surface area contributed by atoms with Gasteiger partial charge in [0, 0.05) is 75.7 Å². The fourth-order valence-corrected chi connectivity index (χ4v) is 6.44. The molecule has 2 N–H and O–H groups in total. The Balaban J connectivity index is 1.21. The van der Waals surface area contributed by atoms with E-state index in [4.69, 9.17) is 0 Å². The zero-order valence-corrected chi connectivity index (χ0v) is 26.6. The minimum atomic E-state index is -0.117. The first-order valence-electron chi connectivity index (χ1n) is 16.0. The first kappa shape index (κ1) is 32.1. The second-order valence-electron chi connectivity index (χ2n) is 12.1. The second-order valence-corrected chi connectivity index (χ2v) is 12.1. The van der Waals surface area contributed by atoms with Gasteiger partial charge in [-0.15, -0.1) is 0 Å². The van der Waals surface area contributed by atoms with Crippen molar-refractivity contribution < 1.29 is 9.59 Å². The largest absolute Gasteiger partial charge is 0.364 e. The molecule has 2 amide bonds. The van der Waals surface area contributed by atoms with Crippen molar-refractivity contribution >= 4 is 17.5 Å². The number of anilines is 1. The maximum absolute atomic E-state index is 13.1. The highest BCUT2D eigenvalue weighted by molar-refractivity contribution is 5.96. The topological polar surface area (TPSA) is 117 Å². The summed E-state index contributed by atoms with van der Waals surface area (Å²) in [5.74, 6) is -0.0366. The van der Waals surface area contributed by atoms with Crippen LogP contribution in [0, 0.1) is 25.2 Å². The summed E-state index contributed by atoms with van der Waals surface area (Å²) in [6, 6.07) is 18.8. The van der Waals surface area contributed by atoms with Gasteiger partial charge in [0.15, 0.2) is 0 Å². The Bertz CT molecular complexity index is 1480. The molecule has 0 saturated carbocycles. The molecule has 0 radical (unpaired) electrons. The van der Waals surface area contributed by atoms with Crippen LogP contribution in [0.25, 0.3) is 0 Å². The van der Waals surface area contributed by atoms with Crippen LogP contribution >= 0.6 is 0 Å². The van der Waals surface area contributed by atoms with Crippen molar-refractivity contribution in [3.8, 4) is 6.07 Å². The predicted octanol–water partition coefficient (Wildman–Crippen LogP) is 3.69. The van der Waals surface area contributed by atoms with Gasteiger partial charge in [0.1, 0.15) is 6.33 Å². The van der Waals surface area contributed by atoms with Crippen LogP contribution in [-0.4, -0.2) is 89.5 Å². The van der Waals surface area contributed by atoms with E-state index in [0.717, 1.165) is 69.8 Å². The third kappa shape index (κ3) is 8.04. The Morgan fingerprint density at radius 3 is 2.40 bits per heavy atom. The van der Waals surface area contributed by atoms with Gasteiger partial charge in [0.25, 0.3) is 11.8 Å². The van der Waals surface area contributed by atoms with E-state index in [1.807, 2.05) is 49.1 Å². The molecule has 2 fully saturated rings. The molecule has 0 spiro atoms. The van der Waals surface area contributed by atoms with Gasteiger partial charge in [-0.05, 0) is 82.0 Å². The summed E-state index contributed by atoms with van der Waals surface area (Å²) in [4.78, 5) is 41.0. The Kier molecular flexibility index (Phi) is 10.8. The molecule has 3 heterocycles. The van der Waals surface area contributed by atoms with Gasteiger partial charge in [0.2, 0.25) is 0 Å². The summed E-state index contributed by atoms with van der Waals surface area (Å²) in [6.07, 6.45) is 4.34. The summed E-state index contributed by atoms with van der Waals surface area (Å²) in [7, 11) is 0. The number of carbonyl (C=O) groups excluding carboxylic acids is 2. The average molecular weight is 609 g/mol. The third-order valence-electron chi connectivity index (χ3n) is 9.12. The maximum Gasteiger partial charge on any atom is 0.254 e. The van der Waals surface area contributed by atoms with Gasteiger partial charge in [-0.1, -0.05) is 12.1 Å². The molecule has 2 aliphatic rings. The van der Waals surface area contributed by atoms with Crippen molar-refractivity contribution in [2.45, 2.75) is 58.7 Å². The number of carbonyl (C=O) groups is 2. The number of benzene rings is 2. The molecule has 0 bridgehead atoms. The molecule has 3 aromatic rings. The number of nitriles is 1. The fourth-order valence-electron chi connectivity index (χ4n) is 6.44. The van der Waals surface area contributed by atoms with Crippen LogP contribution in [0.2, 0.25) is 0 Å². The van der Waals surface area contributed by atoms with Gasteiger partial charge >= 0.3 is 0 Å². The molecule has 2 aliphatic heterocycles. The number of rotatable bonds is 10. The molecule has 1 aromatic heterocycles. The van der Waals surface area contributed by atoms with Gasteiger partial charge in [0.05, 0.1) is 28.6 Å². The maximum atomic E-state index is 13.1. The smallest absolute Gasteiger partial charge is 0.254 e. The zero-order chi connectivity index (χ0) is 31.8. The minimum Gasteiger partial charge on any atom is -0.364 e. The number of nitrogens with one attached hydrogen (secondary N) is 2. The molecular formula is C35H44N8O2. The van der Waals surface area contributed by atoms with Crippen molar-refractivity contribution in [2.24, 2.45) is 0 Å². The number of aryl methyl sites for hydroxylation is 2. The molecule has 1 unspecified atom stereocenters. The number of amides is 2. The van der Waals surface area contributed by atoms with Crippen LogP contribution in [0.5, 0.6) is 0 Å². The number of nitrogens with zero attached hydrogens (tertiary/aromatic N) is 6. The Morgan fingerprint density at radius 1 is 1.04 bits per heavy atom. The van der Waals surface area contributed by atoms with Crippen LogP contribution < -0.4 is 15.5 Å². The van der Waals surface area contributed by atoms with Crippen molar-refractivity contribution in [1.82, 2.24) is 30.4 Å². The highest BCUT2D eigenvalue weighted by Gasteiger charge is 2.28. The quantitative estimate of drug-likeness (QED) is 0.358. The lowest BCUT2D eigenvalue weighted by Gasteiger charge is -2.42. The molecule has 10 heteroatoms. The van der Waals surface area contributed by atoms with E-state index < -0.39 is 0 Å². The van der Waals surface area contributed by atoms with Crippen molar-refractivity contribution in [1.29, 1.82) is 5.26 Å². The molecule has 5 rings (SSSR count). The van der Waals surface area contributed by atoms with Crippen LogP contribution in [0.4, 0.5) is 5.69 Å². The number of likely N-dealkylation sites (tertiary alicyclic amines) is 1. The van der Waals surface area contributed by atoms with Gasteiger partial charge in [-0.25, -0.2) is 9.97 Å². The van der Waals surface area contributed by atoms with E-state index in [-0.39, 0.29) is 11.8 Å². The van der Waals surface area contributed by atoms with Crippen molar-refractivity contribution in [3.05, 3.63) is 88.5 Å². The molecule has 10 nitrogen and oxygen atoms in total. The predicted molar refractivity (Wildman–Crippen MR) is 175 cm³/mol. The van der Waals surface area contributed by atoms with Crippen LogP contribution in [-0.2, 0) is 6.54 Å². The number of piperazine rings is 1. The highest BCUT2D eigenvalue weighted by Crippen LogP contribution is 2.28. The highest BCUT2D eigenvalue weighted by atomic mass is 16.2. The zero-order valence-electron chi connectivity index (χ0n) is 26.6. The number of hydrogen-bond acceptors (Lipinski definition) is 8. The number of hydrogen-bond donors (Lipinski definition) is 2. The summed E-state index contributed by atoms with van der Waals surface area (Å²) in [5.41, 5.74) is 5.50. The molecule has 2 saturated heterocycles. The van der Waals surface area contributed by atoms with E-state index in [0.29, 0.717) is 53.3 Å². The first-order chi connectivity index (χ1) is 21.8. The molecule has 0 aliphatic carbocycles. The van der Waals surface area contributed by atoms with E-state index in [2.05, 4.69) is 61.6 Å². The molecule has 2 aromatic carbocycles. The van der Waals surface area contributed by atoms with E-state index in [1.54, 1.807) is 0 Å². The van der Waals surface area contributed by atoms with Crippen LogP contribution in [0.1, 0.15) is 69.4 Å².